The molecule has 1 aromatic carbocycles. The number of carbonyl (C=O) groups excluding carboxylic acids is 2. The zero-order valence-electron chi connectivity index (χ0n) is 16.7. The highest BCUT2D eigenvalue weighted by molar-refractivity contribution is 7.10. The van der Waals surface area contributed by atoms with Gasteiger partial charge in [-0.2, -0.15) is 5.26 Å². The molecule has 0 unspecified atom stereocenters. The molecule has 0 fully saturated rings. The lowest BCUT2D eigenvalue weighted by atomic mass is 10.0. The van der Waals surface area contributed by atoms with Crippen molar-refractivity contribution in [3.05, 3.63) is 80.6 Å². The molecule has 0 aliphatic heterocycles. The SMILES string of the molecule is CCc1cc(C#N)ccc1CNC(=O)c1cc(C(=O)NCc2csc(C)c2)ncn1. The van der Waals surface area contributed by atoms with Crippen molar-refractivity contribution in [3.8, 4) is 6.07 Å². The van der Waals surface area contributed by atoms with E-state index < -0.39 is 5.91 Å². The number of thiophene rings is 1. The first kappa shape index (κ1) is 21.1. The van der Waals surface area contributed by atoms with Crippen LogP contribution in [-0.2, 0) is 19.5 Å². The molecule has 30 heavy (non-hydrogen) atoms. The summed E-state index contributed by atoms with van der Waals surface area (Å²) in [4.78, 5) is 34.0. The number of nitriles is 1. The van der Waals surface area contributed by atoms with E-state index in [2.05, 4.69) is 26.7 Å². The average Bonchev–Trinajstić information content (AvgIpc) is 3.20. The summed E-state index contributed by atoms with van der Waals surface area (Å²) in [7, 11) is 0. The van der Waals surface area contributed by atoms with E-state index in [4.69, 9.17) is 5.26 Å². The Balaban J connectivity index is 1.63. The molecule has 0 spiro atoms. The van der Waals surface area contributed by atoms with Crippen LogP contribution in [0.15, 0.2) is 42.0 Å². The van der Waals surface area contributed by atoms with Gasteiger partial charge in [0, 0.05) is 24.0 Å². The second-order valence-electron chi connectivity index (χ2n) is 6.67. The maximum absolute atomic E-state index is 12.5. The Hall–Kier alpha value is -3.57. The van der Waals surface area contributed by atoms with Crippen molar-refractivity contribution in [1.82, 2.24) is 20.6 Å². The molecule has 0 saturated carbocycles. The molecular formula is C22H21N5O2S. The van der Waals surface area contributed by atoms with Crippen molar-refractivity contribution in [2.45, 2.75) is 33.4 Å². The second-order valence-corrected chi connectivity index (χ2v) is 7.78. The smallest absolute Gasteiger partial charge is 0.270 e. The fourth-order valence-corrected chi connectivity index (χ4v) is 3.64. The van der Waals surface area contributed by atoms with Crippen LogP contribution in [-0.4, -0.2) is 21.8 Å². The van der Waals surface area contributed by atoms with Crippen molar-refractivity contribution in [3.63, 3.8) is 0 Å². The molecule has 0 atom stereocenters. The van der Waals surface area contributed by atoms with Crippen LogP contribution in [0.2, 0.25) is 0 Å². The largest absolute Gasteiger partial charge is 0.347 e. The summed E-state index contributed by atoms with van der Waals surface area (Å²) in [6.07, 6.45) is 1.96. The highest BCUT2D eigenvalue weighted by atomic mass is 32.1. The van der Waals surface area contributed by atoms with Gasteiger partial charge >= 0.3 is 0 Å². The van der Waals surface area contributed by atoms with Crippen molar-refractivity contribution < 1.29 is 9.59 Å². The summed E-state index contributed by atoms with van der Waals surface area (Å²) in [5.41, 5.74) is 3.80. The first-order valence-electron chi connectivity index (χ1n) is 9.44. The molecule has 2 aromatic heterocycles. The number of aromatic nitrogens is 2. The van der Waals surface area contributed by atoms with Crippen LogP contribution in [0.5, 0.6) is 0 Å². The average molecular weight is 420 g/mol. The molecule has 0 aliphatic carbocycles. The predicted octanol–water partition coefficient (Wildman–Crippen LogP) is 3.14. The number of carbonyl (C=O) groups is 2. The van der Waals surface area contributed by atoms with E-state index in [1.807, 2.05) is 37.4 Å². The van der Waals surface area contributed by atoms with Gasteiger partial charge in [0.25, 0.3) is 11.8 Å². The molecule has 2 N–H and O–H groups in total. The summed E-state index contributed by atoms with van der Waals surface area (Å²) < 4.78 is 0. The molecule has 3 aromatic rings. The van der Waals surface area contributed by atoms with Gasteiger partial charge in [-0.25, -0.2) is 9.97 Å². The van der Waals surface area contributed by atoms with Crippen LogP contribution >= 0.6 is 11.3 Å². The Morgan fingerprint density at radius 2 is 1.73 bits per heavy atom. The fraction of sp³-hybridized carbons (Fsp3) is 0.227. The normalized spacial score (nSPS) is 10.3. The third-order valence-corrected chi connectivity index (χ3v) is 5.44. The molecule has 0 aliphatic rings. The van der Waals surface area contributed by atoms with Crippen molar-refractivity contribution in [1.29, 1.82) is 5.26 Å². The highest BCUT2D eigenvalue weighted by Crippen LogP contribution is 2.14. The van der Waals surface area contributed by atoms with E-state index in [-0.39, 0.29) is 17.3 Å². The molecule has 0 bridgehead atoms. The van der Waals surface area contributed by atoms with Gasteiger partial charge in [-0.3, -0.25) is 9.59 Å². The van der Waals surface area contributed by atoms with E-state index in [1.54, 1.807) is 17.4 Å². The molecule has 152 valence electrons. The van der Waals surface area contributed by atoms with Crippen molar-refractivity contribution in [2.75, 3.05) is 0 Å². The predicted molar refractivity (Wildman–Crippen MR) is 114 cm³/mol. The lowest BCUT2D eigenvalue weighted by molar-refractivity contribution is 0.0944. The molecular weight excluding hydrogens is 398 g/mol. The van der Waals surface area contributed by atoms with Crippen molar-refractivity contribution >= 4 is 23.2 Å². The molecule has 8 heteroatoms. The summed E-state index contributed by atoms with van der Waals surface area (Å²) in [6, 6.07) is 10.9. The molecule has 2 heterocycles. The van der Waals surface area contributed by atoms with Crippen LogP contribution in [0.4, 0.5) is 0 Å². The summed E-state index contributed by atoms with van der Waals surface area (Å²) >= 11 is 1.62. The molecule has 2 amide bonds. The summed E-state index contributed by atoms with van der Waals surface area (Å²) in [5.74, 6) is -0.762. The van der Waals surface area contributed by atoms with Gasteiger partial charge in [0.15, 0.2) is 0 Å². The molecule has 0 saturated heterocycles. The van der Waals surface area contributed by atoms with Crippen LogP contribution in [0.25, 0.3) is 0 Å². The summed E-state index contributed by atoms with van der Waals surface area (Å²) in [6.45, 7) is 4.70. The van der Waals surface area contributed by atoms with Crippen LogP contribution in [0.1, 0.15) is 55.0 Å². The van der Waals surface area contributed by atoms with Gasteiger partial charge in [-0.05, 0) is 53.6 Å². The number of nitrogens with zero attached hydrogens (tertiary/aromatic N) is 3. The quantitative estimate of drug-likeness (QED) is 0.612. The lowest BCUT2D eigenvalue weighted by Gasteiger charge is -2.10. The first-order chi connectivity index (χ1) is 14.5. The number of nitrogens with one attached hydrogen (secondary N) is 2. The fourth-order valence-electron chi connectivity index (χ4n) is 2.93. The van der Waals surface area contributed by atoms with Crippen LogP contribution in [0, 0.1) is 18.3 Å². The Morgan fingerprint density at radius 1 is 1.03 bits per heavy atom. The maximum atomic E-state index is 12.5. The van der Waals surface area contributed by atoms with Crippen LogP contribution in [0.3, 0.4) is 0 Å². The summed E-state index contributed by atoms with van der Waals surface area (Å²) in [5, 5.41) is 16.6. The minimum atomic E-state index is -0.397. The van der Waals surface area contributed by atoms with Crippen LogP contribution < -0.4 is 10.6 Å². The molecule has 0 radical (unpaired) electrons. The third-order valence-electron chi connectivity index (χ3n) is 4.53. The monoisotopic (exact) mass is 419 g/mol. The Morgan fingerprint density at radius 3 is 2.33 bits per heavy atom. The van der Waals surface area contributed by atoms with E-state index in [0.29, 0.717) is 18.7 Å². The zero-order valence-corrected chi connectivity index (χ0v) is 17.5. The third kappa shape index (κ3) is 5.27. The van der Waals surface area contributed by atoms with Gasteiger partial charge in [0.05, 0.1) is 11.6 Å². The zero-order chi connectivity index (χ0) is 21.5. The Bertz CT molecular complexity index is 1120. The molecule has 7 nitrogen and oxygen atoms in total. The molecule has 3 rings (SSSR count). The van der Waals surface area contributed by atoms with Gasteiger partial charge in [-0.1, -0.05) is 13.0 Å². The lowest BCUT2D eigenvalue weighted by Crippen LogP contribution is -2.27. The standard InChI is InChI=1S/C22H21N5O2S/c1-3-17-7-15(9-23)4-5-18(17)11-25-22(29)20-8-19(26-13-27-20)21(28)24-10-16-6-14(2)30-12-16/h4-8,12-13H,3,10-11H2,1-2H3,(H,24,28)(H,25,29). The van der Waals surface area contributed by atoms with Gasteiger partial charge in [-0.15, -0.1) is 11.3 Å². The van der Waals surface area contributed by atoms with E-state index >= 15 is 0 Å². The Labute approximate surface area is 178 Å². The number of hydrogen-bond donors (Lipinski definition) is 2. The maximum Gasteiger partial charge on any atom is 0.270 e. The minimum absolute atomic E-state index is 0.119. The number of hydrogen-bond acceptors (Lipinski definition) is 6. The number of rotatable bonds is 7. The first-order valence-corrected chi connectivity index (χ1v) is 10.3. The number of benzene rings is 1. The number of amides is 2. The van der Waals surface area contributed by atoms with Crippen molar-refractivity contribution in [2.24, 2.45) is 0 Å². The van der Waals surface area contributed by atoms with E-state index in [1.165, 1.54) is 17.3 Å². The highest BCUT2D eigenvalue weighted by Gasteiger charge is 2.14. The minimum Gasteiger partial charge on any atom is -0.347 e. The van der Waals surface area contributed by atoms with Gasteiger partial charge in [0.1, 0.15) is 17.7 Å². The topological polar surface area (TPSA) is 108 Å². The van der Waals surface area contributed by atoms with Gasteiger partial charge in [0.2, 0.25) is 0 Å². The Kier molecular flexibility index (Phi) is 6.88. The number of aryl methyl sites for hydroxylation is 2. The van der Waals surface area contributed by atoms with E-state index in [0.717, 1.165) is 23.1 Å². The second kappa shape index (κ2) is 9.76. The van der Waals surface area contributed by atoms with Gasteiger partial charge < -0.3 is 10.6 Å². The van der Waals surface area contributed by atoms with E-state index in [9.17, 15) is 9.59 Å².